The Balaban J connectivity index is 2.13. The molecule has 1 unspecified atom stereocenters. The summed E-state index contributed by atoms with van der Waals surface area (Å²) < 4.78 is 5.61. The average molecular weight is 242 g/mol. The second kappa shape index (κ2) is 4.89. The normalized spacial score (nSPS) is 21.1. The van der Waals surface area contributed by atoms with Crippen molar-refractivity contribution in [3.8, 4) is 0 Å². The summed E-state index contributed by atoms with van der Waals surface area (Å²) in [6.45, 7) is 4.58. The molecule has 2 heterocycles. The summed E-state index contributed by atoms with van der Waals surface area (Å²) in [4.78, 5) is 6.47. The van der Waals surface area contributed by atoms with Crippen molar-refractivity contribution in [2.45, 2.75) is 19.4 Å². The molecule has 88 valence electrons. The third-order valence-corrected chi connectivity index (χ3v) is 3.10. The molecule has 16 heavy (non-hydrogen) atoms. The van der Waals surface area contributed by atoms with Crippen molar-refractivity contribution in [2.75, 3.05) is 30.3 Å². The summed E-state index contributed by atoms with van der Waals surface area (Å²) >= 11 is 5.84. The molecule has 1 aromatic rings. The van der Waals surface area contributed by atoms with Gasteiger partial charge in [-0.2, -0.15) is 0 Å². The van der Waals surface area contributed by atoms with E-state index >= 15 is 0 Å². The maximum Gasteiger partial charge on any atom is 0.130 e. The second-order valence-corrected chi connectivity index (χ2v) is 4.32. The molecule has 1 aromatic heterocycles. The van der Waals surface area contributed by atoms with Crippen LogP contribution in [0.4, 0.5) is 11.5 Å². The number of hydrogen-bond acceptors (Lipinski definition) is 4. The topological polar surface area (TPSA) is 51.4 Å². The number of nitrogen functional groups attached to an aromatic ring is 1. The largest absolute Gasteiger partial charge is 0.397 e. The number of morpholine rings is 1. The van der Waals surface area contributed by atoms with Crippen LogP contribution < -0.4 is 10.6 Å². The first-order valence-electron chi connectivity index (χ1n) is 5.48. The molecule has 2 N–H and O–H groups in total. The molecule has 1 saturated heterocycles. The van der Waals surface area contributed by atoms with Gasteiger partial charge >= 0.3 is 0 Å². The van der Waals surface area contributed by atoms with Gasteiger partial charge in [0.1, 0.15) is 5.82 Å². The third kappa shape index (κ3) is 2.39. The summed E-state index contributed by atoms with van der Waals surface area (Å²) in [6.07, 6.45) is 2.90. The molecule has 0 spiro atoms. The van der Waals surface area contributed by atoms with E-state index in [9.17, 15) is 0 Å². The zero-order valence-electron chi connectivity index (χ0n) is 9.32. The highest BCUT2D eigenvalue weighted by atomic mass is 35.5. The van der Waals surface area contributed by atoms with Gasteiger partial charge < -0.3 is 15.4 Å². The minimum atomic E-state index is 0.285. The van der Waals surface area contributed by atoms with Crippen molar-refractivity contribution in [3.05, 3.63) is 17.3 Å². The maximum atomic E-state index is 5.84. The Labute approximate surface area is 100 Å². The minimum absolute atomic E-state index is 0.285. The van der Waals surface area contributed by atoms with Gasteiger partial charge in [-0.3, -0.25) is 0 Å². The Hall–Kier alpha value is -1.00. The van der Waals surface area contributed by atoms with Crippen LogP contribution in [0.1, 0.15) is 13.3 Å². The van der Waals surface area contributed by atoms with Gasteiger partial charge in [0.2, 0.25) is 0 Å². The zero-order chi connectivity index (χ0) is 11.5. The van der Waals surface area contributed by atoms with E-state index in [1.165, 1.54) is 0 Å². The van der Waals surface area contributed by atoms with Crippen LogP contribution in [-0.4, -0.2) is 30.8 Å². The van der Waals surface area contributed by atoms with Gasteiger partial charge in [-0.1, -0.05) is 18.5 Å². The van der Waals surface area contributed by atoms with E-state index in [0.717, 1.165) is 31.9 Å². The van der Waals surface area contributed by atoms with E-state index in [4.69, 9.17) is 22.1 Å². The van der Waals surface area contributed by atoms with Crippen molar-refractivity contribution in [1.29, 1.82) is 0 Å². The summed E-state index contributed by atoms with van der Waals surface area (Å²) in [7, 11) is 0. The lowest BCUT2D eigenvalue weighted by Gasteiger charge is -2.33. The molecule has 1 fully saturated rings. The fraction of sp³-hybridized carbons (Fsp3) is 0.545. The SMILES string of the molecule is CCC1CN(c2cc(N)c(Cl)cn2)CCO1. The maximum absolute atomic E-state index is 5.84. The molecule has 2 rings (SSSR count). The fourth-order valence-corrected chi connectivity index (χ4v) is 1.89. The number of halogens is 1. The number of aromatic nitrogens is 1. The van der Waals surface area contributed by atoms with Crippen LogP contribution >= 0.6 is 11.6 Å². The Kier molecular flexibility index (Phi) is 3.51. The molecule has 0 amide bonds. The highest BCUT2D eigenvalue weighted by Crippen LogP contribution is 2.23. The predicted molar refractivity (Wildman–Crippen MR) is 65.9 cm³/mol. The van der Waals surface area contributed by atoms with Crippen LogP contribution in [0, 0.1) is 0 Å². The fourth-order valence-electron chi connectivity index (χ4n) is 1.79. The standard InChI is InChI=1S/C11H16ClN3O/c1-2-8-7-15(3-4-16-8)11-5-10(13)9(12)6-14-11/h5-6,8H,2-4,7H2,1H3,(H2,13,14). The first kappa shape index (κ1) is 11.5. The number of nitrogens with zero attached hydrogens (tertiary/aromatic N) is 2. The molecule has 1 atom stereocenters. The molecule has 4 nitrogen and oxygen atoms in total. The van der Waals surface area contributed by atoms with Crippen molar-refractivity contribution < 1.29 is 4.74 Å². The average Bonchev–Trinajstić information content (AvgIpc) is 2.33. The van der Waals surface area contributed by atoms with E-state index in [1.807, 2.05) is 6.07 Å². The van der Waals surface area contributed by atoms with Crippen LogP contribution in [-0.2, 0) is 4.74 Å². The summed E-state index contributed by atoms with van der Waals surface area (Å²) in [6, 6.07) is 1.82. The lowest BCUT2D eigenvalue weighted by Crippen LogP contribution is -2.42. The number of anilines is 2. The Morgan fingerprint density at radius 1 is 1.69 bits per heavy atom. The van der Waals surface area contributed by atoms with Gasteiger partial charge in [-0.25, -0.2) is 4.98 Å². The Bertz CT molecular complexity index is 372. The molecule has 5 heteroatoms. The molecular formula is C11H16ClN3O. The van der Waals surface area contributed by atoms with E-state index in [1.54, 1.807) is 6.20 Å². The van der Waals surface area contributed by atoms with Crippen molar-refractivity contribution in [3.63, 3.8) is 0 Å². The molecule has 1 aliphatic rings. The molecule has 0 aromatic carbocycles. The number of ether oxygens (including phenoxy) is 1. The van der Waals surface area contributed by atoms with Crippen molar-refractivity contribution in [2.24, 2.45) is 0 Å². The van der Waals surface area contributed by atoms with Gasteiger partial charge in [0, 0.05) is 25.4 Å². The lowest BCUT2D eigenvalue weighted by atomic mass is 10.2. The van der Waals surface area contributed by atoms with Gasteiger partial charge in [0.05, 0.1) is 23.4 Å². The molecule has 0 saturated carbocycles. The quantitative estimate of drug-likeness (QED) is 0.860. The van der Waals surface area contributed by atoms with Gasteiger partial charge in [0.25, 0.3) is 0 Å². The molecule has 0 bridgehead atoms. The van der Waals surface area contributed by atoms with Crippen molar-refractivity contribution >= 4 is 23.1 Å². The van der Waals surface area contributed by atoms with Crippen LogP contribution in [0.3, 0.4) is 0 Å². The number of pyridine rings is 1. The Morgan fingerprint density at radius 2 is 2.50 bits per heavy atom. The minimum Gasteiger partial charge on any atom is -0.397 e. The molecule has 0 aliphatic carbocycles. The van der Waals surface area contributed by atoms with Crippen molar-refractivity contribution in [1.82, 2.24) is 4.98 Å². The zero-order valence-corrected chi connectivity index (χ0v) is 10.1. The first-order chi connectivity index (χ1) is 7.70. The summed E-state index contributed by atoms with van der Waals surface area (Å²) in [5.41, 5.74) is 6.34. The number of hydrogen-bond donors (Lipinski definition) is 1. The third-order valence-electron chi connectivity index (χ3n) is 2.79. The van der Waals surface area contributed by atoms with Crippen LogP contribution in [0.25, 0.3) is 0 Å². The van der Waals surface area contributed by atoms with Crippen LogP contribution in [0.15, 0.2) is 12.3 Å². The first-order valence-corrected chi connectivity index (χ1v) is 5.86. The van der Waals surface area contributed by atoms with Gasteiger partial charge in [-0.05, 0) is 6.42 Å². The molecule has 1 aliphatic heterocycles. The van der Waals surface area contributed by atoms with E-state index in [0.29, 0.717) is 10.7 Å². The summed E-state index contributed by atoms with van der Waals surface area (Å²) in [5.74, 6) is 0.878. The highest BCUT2D eigenvalue weighted by Gasteiger charge is 2.20. The van der Waals surface area contributed by atoms with E-state index in [-0.39, 0.29) is 6.10 Å². The second-order valence-electron chi connectivity index (χ2n) is 3.91. The van der Waals surface area contributed by atoms with E-state index in [2.05, 4.69) is 16.8 Å². The van der Waals surface area contributed by atoms with Crippen LogP contribution in [0.2, 0.25) is 5.02 Å². The summed E-state index contributed by atoms with van der Waals surface area (Å²) in [5, 5.41) is 0.504. The highest BCUT2D eigenvalue weighted by molar-refractivity contribution is 6.32. The lowest BCUT2D eigenvalue weighted by molar-refractivity contribution is 0.0382. The number of rotatable bonds is 2. The molecular weight excluding hydrogens is 226 g/mol. The smallest absolute Gasteiger partial charge is 0.130 e. The predicted octanol–water partition coefficient (Wildman–Crippen LogP) is 1.93. The Morgan fingerprint density at radius 3 is 3.19 bits per heavy atom. The number of nitrogens with two attached hydrogens (primary N) is 1. The van der Waals surface area contributed by atoms with Gasteiger partial charge in [-0.15, -0.1) is 0 Å². The van der Waals surface area contributed by atoms with Gasteiger partial charge in [0.15, 0.2) is 0 Å². The monoisotopic (exact) mass is 241 g/mol. The van der Waals surface area contributed by atoms with E-state index < -0.39 is 0 Å². The van der Waals surface area contributed by atoms with Crippen LogP contribution in [0.5, 0.6) is 0 Å². The molecule has 0 radical (unpaired) electrons.